The number of nitrogens with one attached hydrogen (secondary N) is 1. The van der Waals surface area contributed by atoms with Gasteiger partial charge in [-0.3, -0.25) is 0 Å². The monoisotopic (exact) mass is 267 g/mol. The Balaban J connectivity index is 4.63. The summed E-state index contributed by atoms with van der Waals surface area (Å²) < 4.78 is 76.3. The van der Waals surface area contributed by atoms with Crippen LogP contribution in [0.4, 0.5) is 31.1 Å². The van der Waals surface area contributed by atoms with Gasteiger partial charge in [0.05, 0.1) is 0 Å². The smallest absolute Gasteiger partial charge is 0.417 e. The Morgan fingerprint density at radius 1 is 1.18 bits per heavy atom. The van der Waals surface area contributed by atoms with E-state index in [9.17, 15) is 31.1 Å². The number of ether oxygens (including phenoxy) is 1. The predicted octanol–water partition coefficient (Wildman–Crippen LogP) is 3.00. The van der Waals surface area contributed by atoms with Crippen LogP contribution in [0, 0.1) is 0 Å². The third-order valence-electron chi connectivity index (χ3n) is 1.80. The van der Waals surface area contributed by atoms with Gasteiger partial charge < -0.3 is 10.1 Å². The van der Waals surface area contributed by atoms with E-state index < -0.39 is 30.6 Å². The molecular formula is C8H11F6NO2. The molecule has 0 aliphatic rings. The van der Waals surface area contributed by atoms with E-state index in [0.717, 1.165) is 5.32 Å². The van der Waals surface area contributed by atoms with Gasteiger partial charge in [0.15, 0.2) is 0 Å². The van der Waals surface area contributed by atoms with Crippen molar-refractivity contribution in [3.8, 4) is 0 Å². The standard InChI is InChI=1S/C8H11F6NO2/c1-3-4(2)17-6(16)15-5(7(9,10)11)8(12,13)14/h4-5H,3H2,1-2H3,(H,15,16)/t4-/m1/s1. The molecule has 102 valence electrons. The third kappa shape index (κ3) is 5.64. The van der Waals surface area contributed by atoms with Gasteiger partial charge in [0, 0.05) is 0 Å². The van der Waals surface area contributed by atoms with Crippen molar-refractivity contribution in [1.82, 2.24) is 5.32 Å². The van der Waals surface area contributed by atoms with Crippen LogP contribution in [0.2, 0.25) is 0 Å². The molecule has 0 spiro atoms. The number of rotatable bonds is 3. The number of carbonyl (C=O) groups excluding carboxylic acids is 1. The molecule has 1 atom stereocenters. The molecule has 0 unspecified atom stereocenters. The Morgan fingerprint density at radius 2 is 1.59 bits per heavy atom. The van der Waals surface area contributed by atoms with Gasteiger partial charge in [0.2, 0.25) is 6.04 Å². The second kappa shape index (κ2) is 5.46. The van der Waals surface area contributed by atoms with Crippen LogP contribution in [0.3, 0.4) is 0 Å². The zero-order chi connectivity index (χ0) is 13.9. The molecule has 0 saturated carbocycles. The average molecular weight is 267 g/mol. The molecule has 0 rings (SSSR count). The maximum absolute atomic E-state index is 12.0. The number of alkyl carbamates (subject to hydrolysis) is 1. The van der Waals surface area contributed by atoms with E-state index in [-0.39, 0.29) is 6.42 Å². The number of hydrogen-bond acceptors (Lipinski definition) is 2. The molecule has 0 aromatic heterocycles. The fourth-order valence-corrected chi connectivity index (χ4v) is 0.767. The van der Waals surface area contributed by atoms with Crippen molar-refractivity contribution in [2.45, 2.75) is 44.8 Å². The topological polar surface area (TPSA) is 38.3 Å². The second-order valence-electron chi connectivity index (χ2n) is 3.28. The van der Waals surface area contributed by atoms with Crippen LogP contribution in [0.25, 0.3) is 0 Å². The first-order chi connectivity index (χ1) is 7.48. The van der Waals surface area contributed by atoms with Gasteiger partial charge in [-0.25, -0.2) is 4.79 Å². The van der Waals surface area contributed by atoms with Crippen molar-refractivity contribution in [3.63, 3.8) is 0 Å². The van der Waals surface area contributed by atoms with E-state index in [1.54, 1.807) is 6.92 Å². The van der Waals surface area contributed by atoms with Crippen LogP contribution in [-0.4, -0.2) is 30.6 Å². The lowest BCUT2D eigenvalue weighted by molar-refractivity contribution is -0.256. The summed E-state index contributed by atoms with van der Waals surface area (Å²) in [7, 11) is 0. The molecule has 1 N–H and O–H groups in total. The van der Waals surface area contributed by atoms with Crippen molar-refractivity contribution in [2.75, 3.05) is 0 Å². The minimum absolute atomic E-state index is 0.274. The molecule has 0 saturated heterocycles. The number of amides is 1. The average Bonchev–Trinajstić information content (AvgIpc) is 2.10. The number of hydrogen-bond donors (Lipinski definition) is 1. The molecule has 0 heterocycles. The summed E-state index contributed by atoms with van der Waals surface area (Å²) in [5.41, 5.74) is 0. The molecular weight excluding hydrogens is 256 g/mol. The molecule has 0 aromatic rings. The Kier molecular flexibility index (Phi) is 5.09. The molecule has 0 bridgehead atoms. The van der Waals surface area contributed by atoms with Crippen LogP contribution in [0.1, 0.15) is 20.3 Å². The Hall–Kier alpha value is -1.15. The largest absolute Gasteiger partial charge is 0.447 e. The highest BCUT2D eigenvalue weighted by molar-refractivity contribution is 5.68. The molecule has 0 aliphatic heterocycles. The lowest BCUT2D eigenvalue weighted by Gasteiger charge is -2.24. The predicted molar refractivity (Wildman–Crippen MR) is 45.3 cm³/mol. The summed E-state index contributed by atoms with van der Waals surface area (Å²) in [4.78, 5) is 10.8. The maximum atomic E-state index is 12.0. The van der Waals surface area contributed by atoms with Crippen molar-refractivity contribution in [3.05, 3.63) is 0 Å². The summed E-state index contributed by atoms with van der Waals surface area (Å²) in [6.45, 7) is 2.90. The van der Waals surface area contributed by atoms with Gasteiger partial charge in [-0.1, -0.05) is 6.92 Å². The van der Waals surface area contributed by atoms with Gasteiger partial charge in [-0.15, -0.1) is 0 Å². The number of carbonyl (C=O) groups is 1. The van der Waals surface area contributed by atoms with Crippen molar-refractivity contribution >= 4 is 6.09 Å². The minimum Gasteiger partial charge on any atom is -0.447 e. The Morgan fingerprint density at radius 3 is 1.88 bits per heavy atom. The molecule has 3 nitrogen and oxygen atoms in total. The second-order valence-corrected chi connectivity index (χ2v) is 3.28. The molecule has 0 aromatic carbocycles. The first kappa shape index (κ1) is 15.9. The van der Waals surface area contributed by atoms with Crippen LogP contribution in [-0.2, 0) is 4.74 Å². The molecule has 9 heteroatoms. The summed E-state index contributed by atoms with van der Waals surface area (Å²) in [5.74, 6) is 0. The van der Waals surface area contributed by atoms with Crippen LogP contribution < -0.4 is 5.32 Å². The van der Waals surface area contributed by atoms with Gasteiger partial charge in [0.25, 0.3) is 0 Å². The fraction of sp³-hybridized carbons (Fsp3) is 0.875. The normalized spacial score (nSPS) is 14.6. The van der Waals surface area contributed by atoms with Gasteiger partial charge >= 0.3 is 18.4 Å². The Labute approximate surface area is 93.1 Å². The van der Waals surface area contributed by atoms with Crippen LogP contribution >= 0.6 is 0 Å². The molecule has 0 radical (unpaired) electrons. The molecule has 0 aliphatic carbocycles. The van der Waals surface area contributed by atoms with Crippen molar-refractivity contribution in [1.29, 1.82) is 0 Å². The quantitative estimate of drug-likeness (QED) is 0.798. The molecule has 0 fully saturated rings. The minimum atomic E-state index is -5.62. The first-order valence-electron chi connectivity index (χ1n) is 4.59. The van der Waals surface area contributed by atoms with E-state index in [0.29, 0.717) is 0 Å². The zero-order valence-corrected chi connectivity index (χ0v) is 8.95. The fourth-order valence-electron chi connectivity index (χ4n) is 0.767. The van der Waals surface area contributed by atoms with Crippen LogP contribution in [0.15, 0.2) is 0 Å². The molecule has 17 heavy (non-hydrogen) atoms. The number of halogens is 6. The summed E-state index contributed by atoms with van der Waals surface area (Å²) in [6, 6.07) is -3.92. The zero-order valence-electron chi connectivity index (χ0n) is 8.95. The maximum Gasteiger partial charge on any atom is 0.417 e. The Bertz CT molecular complexity index is 248. The summed E-state index contributed by atoms with van der Waals surface area (Å²) in [5, 5.41) is 0.751. The van der Waals surface area contributed by atoms with E-state index in [1.807, 2.05) is 0 Å². The van der Waals surface area contributed by atoms with E-state index in [2.05, 4.69) is 4.74 Å². The summed E-state index contributed by atoms with van der Waals surface area (Å²) in [6.07, 6.45) is -13.5. The van der Waals surface area contributed by atoms with E-state index in [1.165, 1.54) is 6.92 Å². The van der Waals surface area contributed by atoms with Gasteiger partial charge in [-0.05, 0) is 13.3 Å². The lowest BCUT2D eigenvalue weighted by Crippen LogP contribution is -2.54. The SMILES string of the molecule is CC[C@@H](C)OC(=O)NC(C(F)(F)F)C(F)(F)F. The van der Waals surface area contributed by atoms with E-state index >= 15 is 0 Å². The third-order valence-corrected chi connectivity index (χ3v) is 1.80. The highest BCUT2D eigenvalue weighted by Crippen LogP contribution is 2.33. The lowest BCUT2D eigenvalue weighted by atomic mass is 10.3. The first-order valence-corrected chi connectivity index (χ1v) is 4.59. The highest BCUT2D eigenvalue weighted by atomic mass is 19.4. The van der Waals surface area contributed by atoms with Gasteiger partial charge in [-0.2, -0.15) is 26.3 Å². The summed E-state index contributed by atoms with van der Waals surface area (Å²) >= 11 is 0. The number of alkyl halides is 6. The van der Waals surface area contributed by atoms with E-state index in [4.69, 9.17) is 0 Å². The van der Waals surface area contributed by atoms with Crippen LogP contribution in [0.5, 0.6) is 0 Å². The highest BCUT2D eigenvalue weighted by Gasteiger charge is 2.57. The van der Waals surface area contributed by atoms with Crippen molar-refractivity contribution in [2.24, 2.45) is 0 Å². The van der Waals surface area contributed by atoms with Gasteiger partial charge in [0.1, 0.15) is 6.10 Å². The molecule has 1 amide bonds. The van der Waals surface area contributed by atoms with Crippen molar-refractivity contribution < 1.29 is 35.9 Å².